The third-order valence-electron chi connectivity index (χ3n) is 4.40. The smallest absolute Gasteiger partial charge is 0.315 e. The lowest BCUT2D eigenvalue weighted by atomic mass is 10.1. The zero-order chi connectivity index (χ0) is 20.6. The second-order valence-corrected chi connectivity index (χ2v) is 6.40. The van der Waals surface area contributed by atoms with Crippen molar-refractivity contribution in [2.24, 2.45) is 0 Å². The van der Waals surface area contributed by atoms with Crippen molar-refractivity contribution in [3.8, 4) is 17.2 Å². The molecule has 0 saturated carbocycles. The monoisotopic (exact) mass is 395 g/mol. The van der Waals surface area contributed by atoms with Crippen LogP contribution in [0.1, 0.15) is 31.0 Å². The van der Waals surface area contributed by atoms with E-state index in [0.717, 1.165) is 16.8 Å². The lowest BCUT2D eigenvalue weighted by molar-refractivity contribution is 0.237. The minimum Gasteiger partial charge on any atom is -0.493 e. The van der Waals surface area contributed by atoms with Gasteiger partial charge in [-0.2, -0.15) is 5.10 Å². The van der Waals surface area contributed by atoms with Crippen LogP contribution in [0, 0.1) is 0 Å². The number of methoxy groups -OCH3 is 1. The van der Waals surface area contributed by atoms with E-state index in [-0.39, 0.29) is 12.1 Å². The zero-order valence-electron chi connectivity index (χ0n) is 16.8. The molecule has 0 fully saturated rings. The van der Waals surface area contributed by atoms with Gasteiger partial charge in [0.25, 0.3) is 0 Å². The van der Waals surface area contributed by atoms with Crippen LogP contribution in [0.2, 0.25) is 0 Å². The molecule has 152 valence electrons. The van der Waals surface area contributed by atoms with Crippen molar-refractivity contribution in [3.05, 3.63) is 66.2 Å². The molecule has 0 bridgehead atoms. The number of aromatic nitrogens is 3. The van der Waals surface area contributed by atoms with Crippen LogP contribution in [-0.2, 0) is 6.54 Å². The molecule has 3 aromatic rings. The number of urea groups is 1. The average molecular weight is 395 g/mol. The van der Waals surface area contributed by atoms with Crippen LogP contribution in [-0.4, -0.2) is 34.5 Å². The number of benzene rings is 2. The first-order chi connectivity index (χ1) is 14.1. The van der Waals surface area contributed by atoms with Crippen LogP contribution in [0.15, 0.2) is 55.1 Å². The van der Waals surface area contributed by atoms with E-state index < -0.39 is 0 Å². The molecule has 2 N–H and O–H groups in total. The molecule has 0 aliphatic carbocycles. The molecule has 1 unspecified atom stereocenters. The number of carbonyl (C=O) groups excluding carboxylic acids is 1. The van der Waals surface area contributed by atoms with Gasteiger partial charge in [-0.15, -0.1) is 0 Å². The molecule has 0 spiro atoms. The highest BCUT2D eigenvalue weighted by Gasteiger charge is 2.11. The molecule has 2 amide bonds. The fraction of sp³-hybridized carbons (Fsp3) is 0.286. The minimum absolute atomic E-state index is 0.144. The lowest BCUT2D eigenvalue weighted by Gasteiger charge is -2.16. The van der Waals surface area contributed by atoms with Gasteiger partial charge in [-0.25, -0.2) is 14.5 Å². The maximum absolute atomic E-state index is 12.3. The Morgan fingerprint density at radius 2 is 1.97 bits per heavy atom. The molecule has 0 radical (unpaired) electrons. The second-order valence-electron chi connectivity index (χ2n) is 6.40. The largest absolute Gasteiger partial charge is 0.493 e. The minimum atomic E-state index is -0.245. The van der Waals surface area contributed by atoms with Crippen molar-refractivity contribution in [1.29, 1.82) is 0 Å². The van der Waals surface area contributed by atoms with Crippen LogP contribution in [0.5, 0.6) is 11.5 Å². The predicted molar refractivity (Wildman–Crippen MR) is 109 cm³/mol. The Bertz CT molecular complexity index is 926. The zero-order valence-corrected chi connectivity index (χ0v) is 16.8. The summed E-state index contributed by atoms with van der Waals surface area (Å²) in [6, 6.07) is 13.0. The Kier molecular flexibility index (Phi) is 6.67. The van der Waals surface area contributed by atoms with Crippen LogP contribution in [0.3, 0.4) is 0 Å². The van der Waals surface area contributed by atoms with E-state index in [2.05, 4.69) is 20.7 Å². The molecule has 0 aliphatic heterocycles. The molecular weight excluding hydrogens is 370 g/mol. The van der Waals surface area contributed by atoms with Gasteiger partial charge in [-0.1, -0.05) is 18.2 Å². The molecule has 2 aromatic carbocycles. The van der Waals surface area contributed by atoms with Gasteiger partial charge in [0.15, 0.2) is 11.5 Å². The Hall–Kier alpha value is -3.55. The highest BCUT2D eigenvalue weighted by molar-refractivity contribution is 5.74. The molecule has 29 heavy (non-hydrogen) atoms. The van der Waals surface area contributed by atoms with E-state index in [1.807, 2.05) is 56.3 Å². The molecule has 1 heterocycles. The first-order valence-electron chi connectivity index (χ1n) is 9.39. The van der Waals surface area contributed by atoms with E-state index in [0.29, 0.717) is 24.7 Å². The number of nitrogens with one attached hydrogen (secondary N) is 2. The van der Waals surface area contributed by atoms with Gasteiger partial charge >= 0.3 is 6.03 Å². The van der Waals surface area contributed by atoms with Crippen LogP contribution < -0.4 is 20.1 Å². The fourth-order valence-electron chi connectivity index (χ4n) is 2.87. The molecule has 0 saturated heterocycles. The maximum Gasteiger partial charge on any atom is 0.315 e. The van der Waals surface area contributed by atoms with Crippen LogP contribution >= 0.6 is 0 Å². The Morgan fingerprint density at radius 1 is 1.17 bits per heavy atom. The first kappa shape index (κ1) is 20.2. The number of amides is 2. The molecular formula is C21H25N5O3. The predicted octanol–water partition coefficient (Wildman–Crippen LogP) is 3.24. The normalized spacial score (nSPS) is 11.6. The number of hydrogen-bond donors (Lipinski definition) is 2. The van der Waals surface area contributed by atoms with Gasteiger partial charge in [-0.05, 0) is 49.2 Å². The van der Waals surface area contributed by atoms with Crippen molar-refractivity contribution in [3.63, 3.8) is 0 Å². The van der Waals surface area contributed by atoms with E-state index in [1.54, 1.807) is 18.1 Å². The topological polar surface area (TPSA) is 90.3 Å². The lowest BCUT2D eigenvalue weighted by Crippen LogP contribution is -2.36. The van der Waals surface area contributed by atoms with E-state index >= 15 is 0 Å². The van der Waals surface area contributed by atoms with E-state index in [1.165, 1.54) is 6.33 Å². The summed E-state index contributed by atoms with van der Waals surface area (Å²) in [5, 5.41) is 9.91. The van der Waals surface area contributed by atoms with E-state index in [9.17, 15) is 4.79 Å². The maximum atomic E-state index is 12.3. The van der Waals surface area contributed by atoms with E-state index in [4.69, 9.17) is 9.47 Å². The van der Waals surface area contributed by atoms with Gasteiger partial charge in [0.2, 0.25) is 0 Å². The first-order valence-corrected chi connectivity index (χ1v) is 9.39. The molecule has 1 aromatic heterocycles. The summed E-state index contributed by atoms with van der Waals surface area (Å²) in [6.45, 7) is 4.80. The van der Waals surface area contributed by atoms with Crippen LogP contribution in [0.4, 0.5) is 4.79 Å². The molecule has 1 atom stereocenters. The average Bonchev–Trinajstić information content (AvgIpc) is 3.28. The summed E-state index contributed by atoms with van der Waals surface area (Å²) >= 11 is 0. The van der Waals surface area contributed by atoms with Crippen molar-refractivity contribution in [2.45, 2.75) is 26.4 Å². The number of ether oxygens (including phenoxy) is 2. The summed E-state index contributed by atoms with van der Waals surface area (Å²) in [5.74, 6) is 1.33. The number of carbonyl (C=O) groups is 1. The summed E-state index contributed by atoms with van der Waals surface area (Å²) in [5.41, 5.74) is 2.82. The number of rotatable bonds is 8. The quantitative estimate of drug-likeness (QED) is 0.611. The molecule has 8 nitrogen and oxygen atoms in total. The van der Waals surface area contributed by atoms with Crippen LogP contribution in [0.25, 0.3) is 5.69 Å². The van der Waals surface area contributed by atoms with Gasteiger partial charge < -0.3 is 20.1 Å². The second kappa shape index (κ2) is 9.59. The highest BCUT2D eigenvalue weighted by Crippen LogP contribution is 2.28. The summed E-state index contributed by atoms with van der Waals surface area (Å²) in [7, 11) is 1.59. The Labute approximate surface area is 169 Å². The molecule has 0 aliphatic rings. The third kappa shape index (κ3) is 5.25. The van der Waals surface area contributed by atoms with Crippen molar-refractivity contribution in [1.82, 2.24) is 25.4 Å². The standard InChI is InChI=1S/C21H25N5O3/c1-4-29-19-10-5-16(11-20(19)28-3)12-23-21(27)25-15(2)17-6-8-18(9-7-17)26-14-22-13-24-26/h5-11,13-15H,4,12H2,1-3H3,(H2,23,25,27). The van der Waals surface area contributed by atoms with Gasteiger partial charge in [0.05, 0.1) is 25.4 Å². The van der Waals surface area contributed by atoms with Crippen molar-refractivity contribution >= 4 is 6.03 Å². The van der Waals surface area contributed by atoms with Crippen molar-refractivity contribution in [2.75, 3.05) is 13.7 Å². The summed E-state index contributed by atoms with van der Waals surface area (Å²) in [6.07, 6.45) is 3.13. The Morgan fingerprint density at radius 3 is 2.62 bits per heavy atom. The highest BCUT2D eigenvalue weighted by atomic mass is 16.5. The number of hydrogen-bond acceptors (Lipinski definition) is 5. The fourth-order valence-corrected chi connectivity index (χ4v) is 2.87. The third-order valence-corrected chi connectivity index (χ3v) is 4.40. The molecule has 8 heteroatoms. The van der Waals surface area contributed by atoms with Gasteiger partial charge in [0, 0.05) is 6.54 Å². The summed E-state index contributed by atoms with van der Waals surface area (Å²) < 4.78 is 12.5. The van der Waals surface area contributed by atoms with Gasteiger partial charge in [0.1, 0.15) is 12.7 Å². The molecule has 3 rings (SSSR count). The number of nitrogens with zero attached hydrogens (tertiary/aromatic N) is 3. The van der Waals surface area contributed by atoms with Gasteiger partial charge in [-0.3, -0.25) is 0 Å². The SMILES string of the molecule is CCOc1ccc(CNC(=O)NC(C)c2ccc(-n3cncn3)cc2)cc1OC. The Balaban J connectivity index is 1.54. The van der Waals surface area contributed by atoms with Crippen molar-refractivity contribution < 1.29 is 14.3 Å². The summed E-state index contributed by atoms with van der Waals surface area (Å²) in [4.78, 5) is 16.2.